The van der Waals surface area contributed by atoms with Crippen LogP contribution < -0.4 is 30.2 Å². The summed E-state index contributed by atoms with van der Waals surface area (Å²) in [6.07, 6.45) is -1.16. The van der Waals surface area contributed by atoms with Gasteiger partial charge >= 0.3 is 7.60 Å². The van der Waals surface area contributed by atoms with E-state index in [1.165, 1.54) is 0 Å². The number of hydrogen-bond acceptors (Lipinski definition) is 10. The van der Waals surface area contributed by atoms with Crippen LogP contribution in [0.15, 0.2) is 28.5 Å². The molecule has 17 heteroatoms. The lowest BCUT2D eigenvalue weighted by Gasteiger charge is -2.14. The monoisotopic (exact) mass is 580 g/mol. The lowest BCUT2D eigenvalue weighted by atomic mass is 10.2. The topological polar surface area (TPSA) is 187 Å². The Balaban J connectivity index is 1.89. The largest absolute Gasteiger partial charge is 0.486 e. The normalized spacial score (nSPS) is 13.2. The molecule has 2 aromatic carbocycles. The maximum atomic E-state index is 15.2. The molecule has 0 spiro atoms. The van der Waals surface area contributed by atoms with Crippen molar-refractivity contribution in [1.29, 1.82) is 5.26 Å². The Hall–Kier alpha value is -2.90. The number of benzene rings is 2. The Kier molecular flexibility index (Phi) is 9.03. The Bertz CT molecular complexity index is 1460. The third-order valence-corrected chi connectivity index (χ3v) is 8.78. The van der Waals surface area contributed by atoms with Gasteiger partial charge in [-0.1, -0.05) is 0 Å². The van der Waals surface area contributed by atoms with Gasteiger partial charge in [-0.05, 0) is 18.2 Å². The lowest BCUT2D eigenvalue weighted by molar-refractivity contribution is 0.258. The molecule has 1 heterocycles. The highest BCUT2D eigenvalue weighted by Gasteiger charge is 2.30. The van der Waals surface area contributed by atoms with Gasteiger partial charge in [0.05, 0.1) is 10.3 Å². The van der Waals surface area contributed by atoms with E-state index in [9.17, 15) is 22.3 Å². The lowest BCUT2D eigenvalue weighted by Crippen LogP contribution is -2.25. The summed E-state index contributed by atoms with van der Waals surface area (Å²) < 4.78 is 97.8. The highest BCUT2D eigenvalue weighted by Crippen LogP contribution is 2.45. The zero-order chi connectivity index (χ0) is 27.4. The number of nitriles is 1. The smallest absolute Gasteiger partial charge is 0.391 e. The molecule has 0 bridgehead atoms. The fraction of sp³-hybridized carbons (Fsp3) is 0.250. The highest BCUT2D eigenvalue weighted by molar-refractivity contribution is 7.92. The van der Waals surface area contributed by atoms with Crippen molar-refractivity contribution < 1.29 is 45.0 Å². The SMILES string of the molecule is N#Cc1ccc(OP(=O)(O)CNS(=O)(=O)c2cc3c(F)c(OCCN)c(OCCN)c(F)c3s2)cc1F. The molecular formula is C20H20F3N4O7PS2. The molecule has 6 N–H and O–H groups in total. The van der Waals surface area contributed by atoms with Crippen LogP contribution in [0.4, 0.5) is 13.2 Å². The third kappa shape index (κ3) is 6.51. The van der Waals surface area contributed by atoms with Crippen molar-refractivity contribution in [3.05, 3.63) is 47.3 Å². The zero-order valence-electron chi connectivity index (χ0n) is 18.7. The molecule has 3 aromatic rings. The molecule has 0 amide bonds. The van der Waals surface area contributed by atoms with E-state index >= 15 is 8.78 Å². The maximum Gasteiger partial charge on any atom is 0.391 e. The van der Waals surface area contributed by atoms with Gasteiger partial charge in [-0.25, -0.2) is 26.2 Å². The summed E-state index contributed by atoms with van der Waals surface area (Å²) in [5.74, 6) is -4.86. The van der Waals surface area contributed by atoms with Crippen molar-refractivity contribution in [2.24, 2.45) is 11.5 Å². The number of hydrogen-bond donors (Lipinski definition) is 4. The van der Waals surface area contributed by atoms with E-state index in [4.69, 9.17) is 30.7 Å². The predicted octanol–water partition coefficient (Wildman–Crippen LogP) is 2.37. The number of nitrogens with zero attached hydrogens (tertiary/aromatic N) is 1. The first-order valence-electron chi connectivity index (χ1n) is 10.2. The van der Waals surface area contributed by atoms with Crippen LogP contribution in [-0.2, 0) is 14.6 Å². The second kappa shape index (κ2) is 11.7. The summed E-state index contributed by atoms with van der Waals surface area (Å²) in [5, 5.41) is 8.30. The molecule has 1 unspecified atom stereocenters. The van der Waals surface area contributed by atoms with Crippen LogP contribution in [0.5, 0.6) is 17.2 Å². The summed E-state index contributed by atoms with van der Waals surface area (Å²) in [4.78, 5) is 10.0. The van der Waals surface area contributed by atoms with Crippen LogP contribution in [0.2, 0.25) is 0 Å². The quantitative estimate of drug-likeness (QED) is 0.232. The molecule has 0 aliphatic rings. The fourth-order valence-electron chi connectivity index (χ4n) is 2.91. The number of nitrogens with two attached hydrogens (primary N) is 2. The first-order chi connectivity index (χ1) is 17.4. The van der Waals surface area contributed by atoms with E-state index in [1.54, 1.807) is 6.07 Å². The number of thiophene rings is 1. The summed E-state index contributed by atoms with van der Waals surface area (Å²) in [6.45, 7) is -0.427. The number of sulfonamides is 1. The van der Waals surface area contributed by atoms with E-state index in [0.29, 0.717) is 17.4 Å². The number of ether oxygens (including phenoxy) is 2. The van der Waals surface area contributed by atoms with Crippen molar-refractivity contribution in [3.8, 4) is 23.3 Å². The van der Waals surface area contributed by atoms with Gasteiger partial charge < -0.3 is 30.4 Å². The molecule has 0 radical (unpaired) electrons. The second-order valence-corrected chi connectivity index (χ2v) is 12.0. The minimum absolute atomic E-state index is 0.0260. The van der Waals surface area contributed by atoms with Gasteiger partial charge in [0.1, 0.15) is 41.3 Å². The molecule has 200 valence electrons. The first kappa shape index (κ1) is 28.7. The standard InChI is InChI=1S/C20H20F3N4O7PS2/c21-14-7-12(2-1-11(14)9-26)34-35(28,29)10-27-37(30,31)15-8-13-16(22)18(32-5-3-24)19(33-6-4-25)17(23)20(13)36-15/h1-2,7-8,27H,3-6,10,24-25H2,(H,28,29). The highest BCUT2D eigenvalue weighted by atomic mass is 32.2. The molecule has 0 saturated carbocycles. The number of fused-ring (bicyclic) bond motifs is 1. The molecule has 1 aromatic heterocycles. The Morgan fingerprint density at radius 2 is 1.70 bits per heavy atom. The minimum Gasteiger partial charge on any atom is -0.486 e. The summed E-state index contributed by atoms with van der Waals surface area (Å²) in [6, 6.07) is 5.12. The van der Waals surface area contributed by atoms with Gasteiger partial charge in [0.25, 0.3) is 10.0 Å². The molecule has 3 rings (SSSR count). The summed E-state index contributed by atoms with van der Waals surface area (Å²) in [5.41, 5.74) is 10.4. The van der Waals surface area contributed by atoms with E-state index in [-0.39, 0.29) is 31.9 Å². The van der Waals surface area contributed by atoms with Crippen LogP contribution >= 0.6 is 18.9 Å². The molecule has 0 saturated heterocycles. The predicted molar refractivity (Wildman–Crippen MR) is 128 cm³/mol. The van der Waals surface area contributed by atoms with Crippen molar-refractivity contribution in [2.45, 2.75) is 4.21 Å². The Labute approximate surface area is 212 Å². The van der Waals surface area contributed by atoms with Crippen molar-refractivity contribution in [1.82, 2.24) is 4.72 Å². The van der Waals surface area contributed by atoms with E-state index < -0.39 is 72.9 Å². The number of halogens is 3. The molecule has 1 atom stereocenters. The second-order valence-electron chi connectivity index (χ2n) is 7.16. The van der Waals surface area contributed by atoms with Gasteiger partial charge in [-0.15, -0.1) is 11.3 Å². The molecule has 37 heavy (non-hydrogen) atoms. The first-order valence-corrected chi connectivity index (χ1v) is 14.3. The number of nitrogens with one attached hydrogen (secondary N) is 1. The van der Waals surface area contributed by atoms with E-state index in [0.717, 1.165) is 18.2 Å². The van der Waals surface area contributed by atoms with Gasteiger partial charge in [0.15, 0.2) is 11.6 Å². The number of rotatable bonds is 12. The fourth-order valence-corrected chi connectivity index (χ4v) is 6.85. The average Bonchev–Trinajstić information content (AvgIpc) is 3.31. The molecule has 0 aliphatic heterocycles. The summed E-state index contributed by atoms with van der Waals surface area (Å²) in [7, 11) is -9.29. The summed E-state index contributed by atoms with van der Waals surface area (Å²) >= 11 is 0.336. The van der Waals surface area contributed by atoms with Crippen molar-refractivity contribution in [3.63, 3.8) is 0 Å². The van der Waals surface area contributed by atoms with Crippen LogP contribution in [0.25, 0.3) is 10.1 Å². The van der Waals surface area contributed by atoms with Crippen LogP contribution in [0, 0.1) is 28.8 Å². The Morgan fingerprint density at radius 1 is 1.08 bits per heavy atom. The minimum atomic E-state index is -4.72. The van der Waals surface area contributed by atoms with Crippen molar-refractivity contribution in [2.75, 3.05) is 32.6 Å². The van der Waals surface area contributed by atoms with Gasteiger partial charge in [0, 0.05) is 24.5 Å². The molecule has 0 aliphatic carbocycles. The molecule has 0 fully saturated rings. The third-order valence-electron chi connectivity index (χ3n) is 4.51. The van der Waals surface area contributed by atoms with Gasteiger partial charge in [0.2, 0.25) is 11.5 Å². The van der Waals surface area contributed by atoms with Crippen molar-refractivity contribution >= 4 is 39.0 Å². The maximum absolute atomic E-state index is 15.2. The zero-order valence-corrected chi connectivity index (χ0v) is 21.3. The van der Waals surface area contributed by atoms with Gasteiger partial charge in [-0.2, -0.15) is 9.98 Å². The van der Waals surface area contributed by atoms with Crippen LogP contribution in [-0.4, -0.2) is 45.9 Å². The Morgan fingerprint density at radius 3 is 2.27 bits per heavy atom. The molecule has 11 nitrogen and oxygen atoms in total. The van der Waals surface area contributed by atoms with Crippen LogP contribution in [0.3, 0.4) is 0 Å². The van der Waals surface area contributed by atoms with E-state index in [2.05, 4.69) is 0 Å². The van der Waals surface area contributed by atoms with Crippen LogP contribution in [0.1, 0.15) is 5.56 Å². The average molecular weight is 581 g/mol. The van der Waals surface area contributed by atoms with Gasteiger partial charge in [-0.3, -0.25) is 0 Å². The van der Waals surface area contributed by atoms with E-state index in [1.807, 2.05) is 4.72 Å². The molecular weight excluding hydrogens is 560 g/mol.